The Bertz CT molecular complexity index is 1130. The molecule has 168 valence electrons. The highest BCUT2D eigenvalue weighted by Gasteiger charge is 2.50. The molecule has 1 amide bonds. The lowest BCUT2D eigenvalue weighted by Crippen LogP contribution is -2.65. The van der Waals surface area contributed by atoms with Crippen molar-refractivity contribution in [3.63, 3.8) is 0 Å². The molecule has 0 aliphatic carbocycles. The fraction of sp³-hybridized carbons (Fsp3) is 0.300. The van der Waals surface area contributed by atoms with E-state index in [1.807, 2.05) is 0 Å². The lowest BCUT2D eigenvalue weighted by molar-refractivity contribution is -0.157. The minimum atomic E-state index is -4.78. The number of benzene rings is 1. The van der Waals surface area contributed by atoms with E-state index in [9.17, 15) is 22.4 Å². The molecule has 7 nitrogen and oxygen atoms in total. The number of hydrogen-bond acceptors (Lipinski definition) is 6. The number of anilines is 1. The van der Waals surface area contributed by atoms with Crippen LogP contribution in [0.3, 0.4) is 0 Å². The molecule has 0 spiro atoms. The van der Waals surface area contributed by atoms with Crippen LogP contribution in [0.25, 0.3) is 11.5 Å². The molecule has 32 heavy (non-hydrogen) atoms. The Morgan fingerprint density at radius 1 is 1.22 bits per heavy atom. The average Bonchev–Trinajstić information content (AvgIpc) is 3.22. The van der Waals surface area contributed by atoms with Gasteiger partial charge in [0.25, 0.3) is 5.91 Å². The van der Waals surface area contributed by atoms with Crippen LogP contribution >= 0.6 is 0 Å². The molecule has 0 bridgehead atoms. The minimum absolute atomic E-state index is 0.0945. The Morgan fingerprint density at radius 2 is 1.97 bits per heavy atom. The molecule has 0 N–H and O–H groups in total. The van der Waals surface area contributed by atoms with Gasteiger partial charge in [0.15, 0.2) is 0 Å². The maximum atomic E-state index is 15.0. The summed E-state index contributed by atoms with van der Waals surface area (Å²) in [5.41, 5.74) is -1.54. The van der Waals surface area contributed by atoms with Gasteiger partial charge in [-0.05, 0) is 37.4 Å². The van der Waals surface area contributed by atoms with Gasteiger partial charge in [-0.3, -0.25) is 14.7 Å². The van der Waals surface area contributed by atoms with Crippen LogP contribution in [0.5, 0.6) is 0 Å². The molecule has 1 aromatic carbocycles. The lowest BCUT2D eigenvalue weighted by Gasteiger charge is -2.43. The number of carbonyl (C=O) groups is 1. The van der Waals surface area contributed by atoms with Crippen LogP contribution in [0, 0.1) is 5.82 Å². The molecule has 3 aromatic rings. The third-order valence-corrected chi connectivity index (χ3v) is 4.85. The maximum Gasteiger partial charge on any atom is 0.470 e. The SMILES string of the molecule is CN1CC(F)(C(=O)N(Cc2ccc(-c3nnc(C(F)(F)F)o3)cn2)c2cccc(F)c2)C1. The van der Waals surface area contributed by atoms with Crippen molar-refractivity contribution in [3.8, 4) is 11.5 Å². The first-order valence-corrected chi connectivity index (χ1v) is 9.36. The topological polar surface area (TPSA) is 75.4 Å². The van der Waals surface area contributed by atoms with Gasteiger partial charge in [0.2, 0.25) is 11.6 Å². The summed E-state index contributed by atoms with van der Waals surface area (Å²) in [5.74, 6) is -3.30. The van der Waals surface area contributed by atoms with Crippen molar-refractivity contribution >= 4 is 11.6 Å². The van der Waals surface area contributed by atoms with Gasteiger partial charge in [0.1, 0.15) is 5.82 Å². The predicted octanol–water partition coefficient (Wildman–Crippen LogP) is 3.48. The van der Waals surface area contributed by atoms with E-state index in [1.54, 1.807) is 11.9 Å². The summed E-state index contributed by atoms with van der Waals surface area (Å²) in [6.07, 6.45) is -3.58. The predicted molar refractivity (Wildman–Crippen MR) is 101 cm³/mol. The fourth-order valence-electron chi connectivity index (χ4n) is 3.37. The summed E-state index contributed by atoms with van der Waals surface area (Å²) in [7, 11) is 1.67. The number of nitrogens with zero attached hydrogens (tertiary/aromatic N) is 5. The van der Waals surface area contributed by atoms with Crippen LogP contribution in [0.2, 0.25) is 0 Å². The quantitative estimate of drug-likeness (QED) is 0.551. The van der Waals surface area contributed by atoms with Gasteiger partial charge in [-0.15, -0.1) is 10.2 Å². The third kappa shape index (κ3) is 4.31. The molecule has 0 atom stereocenters. The largest absolute Gasteiger partial charge is 0.470 e. The molecule has 0 saturated carbocycles. The van der Waals surface area contributed by atoms with Crippen molar-refractivity contribution in [1.29, 1.82) is 0 Å². The van der Waals surface area contributed by atoms with Crippen molar-refractivity contribution in [2.75, 3.05) is 25.0 Å². The number of aromatic nitrogens is 3. The number of pyridine rings is 1. The minimum Gasteiger partial charge on any atom is -0.413 e. The summed E-state index contributed by atoms with van der Waals surface area (Å²) < 4.78 is 71.3. The highest BCUT2D eigenvalue weighted by molar-refractivity contribution is 6.00. The first-order chi connectivity index (χ1) is 15.0. The molecule has 2 aromatic heterocycles. The van der Waals surface area contributed by atoms with E-state index in [-0.39, 0.29) is 42.5 Å². The average molecular weight is 453 g/mol. The van der Waals surface area contributed by atoms with Gasteiger partial charge in [-0.1, -0.05) is 6.07 Å². The Balaban J connectivity index is 1.58. The number of alkyl halides is 4. The first-order valence-electron chi connectivity index (χ1n) is 9.36. The number of likely N-dealkylation sites (tertiary alicyclic amines) is 1. The van der Waals surface area contributed by atoms with Gasteiger partial charge in [0.05, 0.1) is 17.8 Å². The van der Waals surface area contributed by atoms with E-state index in [4.69, 9.17) is 0 Å². The summed E-state index contributed by atoms with van der Waals surface area (Å²) in [6.45, 7) is -0.374. The van der Waals surface area contributed by atoms with Crippen molar-refractivity contribution in [2.45, 2.75) is 18.4 Å². The molecular weight excluding hydrogens is 437 g/mol. The molecule has 0 radical (unpaired) electrons. The summed E-state index contributed by atoms with van der Waals surface area (Å²) in [4.78, 5) is 19.8. The van der Waals surface area contributed by atoms with Gasteiger partial charge in [0, 0.05) is 25.0 Å². The fourth-order valence-corrected chi connectivity index (χ4v) is 3.37. The Labute approximate surface area is 178 Å². The van der Waals surface area contributed by atoms with Crippen LogP contribution in [-0.4, -0.2) is 51.8 Å². The molecular formula is C20H16F5N5O2. The molecule has 0 unspecified atom stereocenters. The molecule has 12 heteroatoms. The van der Waals surface area contributed by atoms with Gasteiger partial charge in [-0.2, -0.15) is 13.2 Å². The summed E-state index contributed by atoms with van der Waals surface area (Å²) in [5, 5.41) is 6.30. The van der Waals surface area contributed by atoms with Crippen molar-refractivity contribution < 1.29 is 31.2 Å². The number of hydrogen-bond donors (Lipinski definition) is 0. The standard InChI is InChI=1S/C20H16F5N5O2/c1-29-10-19(22,11-29)18(31)30(15-4-2-3-13(21)7-15)9-14-6-5-12(8-26-14)16-27-28-17(32-16)20(23,24)25/h2-8H,9-11H2,1H3. The second-order valence-electron chi connectivity index (χ2n) is 7.46. The van der Waals surface area contributed by atoms with Crippen molar-refractivity contribution in [3.05, 3.63) is 60.0 Å². The van der Waals surface area contributed by atoms with E-state index in [1.165, 1.54) is 36.5 Å². The number of rotatable bonds is 5. The lowest BCUT2D eigenvalue weighted by atomic mass is 9.95. The summed E-state index contributed by atoms with van der Waals surface area (Å²) >= 11 is 0. The van der Waals surface area contributed by atoms with Gasteiger partial charge in [-0.25, -0.2) is 8.78 Å². The second-order valence-corrected chi connectivity index (χ2v) is 7.46. The van der Waals surface area contributed by atoms with Crippen molar-refractivity contribution in [1.82, 2.24) is 20.1 Å². The van der Waals surface area contributed by atoms with Crippen LogP contribution in [0.1, 0.15) is 11.6 Å². The highest BCUT2D eigenvalue weighted by Crippen LogP contribution is 2.31. The molecule has 1 aliphatic heterocycles. The van der Waals surface area contributed by atoms with Crippen LogP contribution < -0.4 is 4.90 Å². The smallest absolute Gasteiger partial charge is 0.413 e. The van der Waals surface area contributed by atoms with Crippen molar-refractivity contribution in [2.24, 2.45) is 0 Å². The highest BCUT2D eigenvalue weighted by atomic mass is 19.4. The molecule has 1 fully saturated rings. The second kappa shape index (κ2) is 7.93. The van der Waals surface area contributed by atoms with E-state index in [2.05, 4.69) is 19.6 Å². The summed E-state index contributed by atoms with van der Waals surface area (Å²) in [6, 6.07) is 7.97. The normalized spacial score (nSPS) is 15.9. The molecule has 3 heterocycles. The zero-order valence-electron chi connectivity index (χ0n) is 16.6. The van der Waals surface area contributed by atoms with E-state index in [0.717, 1.165) is 11.0 Å². The zero-order valence-corrected chi connectivity index (χ0v) is 16.6. The first kappa shape index (κ1) is 21.8. The van der Waals surface area contributed by atoms with Crippen LogP contribution in [0.4, 0.5) is 27.6 Å². The van der Waals surface area contributed by atoms with Crippen LogP contribution in [-0.2, 0) is 17.5 Å². The Kier molecular flexibility index (Phi) is 5.41. The Hall–Kier alpha value is -3.41. The van der Waals surface area contributed by atoms with E-state index in [0.29, 0.717) is 0 Å². The molecule has 4 rings (SSSR count). The van der Waals surface area contributed by atoms with E-state index < -0.39 is 29.5 Å². The van der Waals surface area contributed by atoms with Crippen LogP contribution in [0.15, 0.2) is 47.0 Å². The molecule has 1 aliphatic rings. The van der Waals surface area contributed by atoms with Gasteiger partial charge < -0.3 is 9.32 Å². The molecule has 1 saturated heterocycles. The monoisotopic (exact) mass is 453 g/mol. The van der Waals surface area contributed by atoms with Gasteiger partial charge >= 0.3 is 12.1 Å². The third-order valence-electron chi connectivity index (χ3n) is 4.85. The number of amides is 1. The zero-order chi connectivity index (χ0) is 23.1. The number of halogens is 5. The van der Waals surface area contributed by atoms with E-state index >= 15 is 4.39 Å². The maximum absolute atomic E-state index is 15.0. The Morgan fingerprint density at radius 3 is 2.53 bits per heavy atom. The number of carbonyl (C=O) groups excluding carboxylic acids is 1.